The number of alkyl halides is 3. The average Bonchev–Trinajstić information content (AvgIpc) is 2.58. The SMILES string of the molecule is O=C(Cn1c(=O)c(C(F)(F)F)nc2ccccc21)Nc1ccccc1Cl. The third-order valence-corrected chi connectivity index (χ3v) is 3.90. The minimum Gasteiger partial charge on any atom is -0.323 e. The summed E-state index contributed by atoms with van der Waals surface area (Å²) < 4.78 is 40.0. The minimum absolute atomic E-state index is 0.0371. The molecule has 1 amide bonds. The fourth-order valence-corrected chi connectivity index (χ4v) is 2.61. The predicted molar refractivity (Wildman–Crippen MR) is 91.1 cm³/mol. The molecule has 0 saturated heterocycles. The number of amides is 1. The number of benzene rings is 2. The highest BCUT2D eigenvalue weighted by Gasteiger charge is 2.37. The van der Waals surface area contributed by atoms with E-state index in [1.54, 1.807) is 24.3 Å². The van der Waals surface area contributed by atoms with E-state index in [4.69, 9.17) is 11.6 Å². The number of aromatic nitrogens is 2. The standard InChI is InChI=1S/C17H11ClF3N3O2/c18-10-5-1-2-6-11(10)22-14(25)9-24-13-8-4-3-7-12(13)23-15(16(24)26)17(19,20)21/h1-8H,9H2,(H,22,25). The number of hydrogen-bond donors (Lipinski definition) is 1. The molecule has 1 aromatic heterocycles. The second kappa shape index (κ2) is 6.80. The highest BCUT2D eigenvalue weighted by molar-refractivity contribution is 6.33. The Morgan fingerprint density at radius 2 is 1.77 bits per heavy atom. The van der Waals surface area contributed by atoms with E-state index >= 15 is 0 Å². The molecule has 0 radical (unpaired) electrons. The highest BCUT2D eigenvalue weighted by Crippen LogP contribution is 2.26. The van der Waals surface area contributed by atoms with Crippen LogP contribution in [0.2, 0.25) is 5.02 Å². The van der Waals surface area contributed by atoms with Gasteiger partial charge in [-0.05, 0) is 24.3 Å². The summed E-state index contributed by atoms with van der Waals surface area (Å²) in [6.07, 6.45) is -4.93. The van der Waals surface area contributed by atoms with E-state index in [0.717, 1.165) is 4.57 Å². The van der Waals surface area contributed by atoms with E-state index in [9.17, 15) is 22.8 Å². The lowest BCUT2D eigenvalue weighted by Gasteiger charge is -2.14. The van der Waals surface area contributed by atoms with Gasteiger partial charge in [-0.1, -0.05) is 35.9 Å². The molecule has 3 aromatic rings. The van der Waals surface area contributed by atoms with Gasteiger partial charge in [0.2, 0.25) is 11.6 Å². The Bertz CT molecular complexity index is 1050. The Morgan fingerprint density at radius 3 is 2.46 bits per heavy atom. The number of halogens is 4. The number of nitrogens with zero attached hydrogens (tertiary/aromatic N) is 2. The first-order valence-electron chi connectivity index (χ1n) is 7.38. The summed E-state index contributed by atoms with van der Waals surface area (Å²) in [4.78, 5) is 27.9. The molecule has 0 unspecified atom stereocenters. The van der Waals surface area contributed by atoms with Gasteiger partial charge in [-0.2, -0.15) is 13.2 Å². The van der Waals surface area contributed by atoms with Crippen molar-refractivity contribution in [3.8, 4) is 0 Å². The van der Waals surface area contributed by atoms with Crippen molar-refractivity contribution in [2.75, 3.05) is 5.32 Å². The highest BCUT2D eigenvalue weighted by atomic mass is 35.5. The molecule has 0 atom stereocenters. The summed E-state index contributed by atoms with van der Waals surface area (Å²) in [5.74, 6) is -0.690. The number of nitrogens with one attached hydrogen (secondary N) is 1. The van der Waals surface area contributed by atoms with Gasteiger partial charge in [0.1, 0.15) is 6.54 Å². The minimum atomic E-state index is -4.93. The molecule has 1 N–H and O–H groups in total. The van der Waals surface area contributed by atoms with Gasteiger partial charge in [0.05, 0.1) is 21.7 Å². The lowest BCUT2D eigenvalue weighted by molar-refractivity contribution is -0.142. The summed E-state index contributed by atoms with van der Waals surface area (Å²) in [6, 6.07) is 12.2. The van der Waals surface area contributed by atoms with Crippen molar-refractivity contribution >= 4 is 34.2 Å². The zero-order chi connectivity index (χ0) is 18.9. The number of para-hydroxylation sites is 3. The van der Waals surface area contributed by atoms with Crippen LogP contribution in [0.1, 0.15) is 5.69 Å². The number of hydrogen-bond acceptors (Lipinski definition) is 3. The summed E-state index contributed by atoms with van der Waals surface area (Å²) in [6.45, 7) is -0.615. The molecule has 2 aromatic carbocycles. The molecule has 0 saturated carbocycles. The maximum Gasteiger partial charge on any atom is 0.438 e. The first-order chi connectivity index (χ1) is 12.3. The van der Waals surface area contributed by atoms with Crippen molar-refractivity contribution < 1.29 is 18.0 Å². The van der Waals surface area contributed by atoms with Gasteiger partial charge in [-0.25, -0.2) is 4.98 Å². The van der Waals surface area contributed by atoms with E-state index in [0.29, 0.717) is 5.69 Å². The van der Waals surface area contributed by atoms with Gasteiger partial charge in [-0.3, -0.25) is 14.2 Å². The molecule has 9 heteroatoms. The lowest BCUT2D eigenvalue weighted by atomic mass is 10.2. The smallest absolute Gasteiger partial charge is 0.323 e. The van der Waals surface area contributed by atoms with Crippen molar-refractivity contribution in [1.29, 1.82) is 0 Å². The molecule has 0 fully saturated rings. The molecular weight excluding hydrogens is 371 g/mol. The normalized spacial score (nSPS) is 11.5. The number of rotatable bonds is 3. The lowest BCUT2D eigenvalue weighted by Crippen LogP contribution is -2.34. The Morgan fingerprint density at radius 1 is 1.12 bits per heavy atom. The molecule has 3 rings (SSSR count). The first kappa shape index (κ1) is 17.9. The van der Waals surface area contributed by atoms with Crippen LogP contribution in [0.5, 0.6) is 0 Å². The summed E-state index contributed by atoms with van der Waals surface area (Å²) >= 11 is 5.94. The second-order valence-electron chi connectivity index (χ2n) is 5.37. The van der Waals surface area contributed by atoms with Gasteiger partial charge in [0.15, 0.2) is 0 Å². The maximum absolute atomic E-state index is 13.1. The quantitative estimate of drug-likeness (QED) is 0.752. The molecule has 0 aliphatic heterocycles. The number of fused-ring (bicyclic) bond motifs is 1. The molecule has 0 spiro atoms. The monoisotopic (exact) mass is 381 g/mol. The number of carbonyl (C=O) groups is 1. The van der Waals surface area contributed by atoms with Gasteiger partial charge in [0.25, 0.3) is 5.56 Å². The molecular formula is C17H11ClF3N3O2. The average molecular weight is 382 g/mol. The first-order valence-corrected chi connectivity index (χ1v) is 7.76. The topological polar surface area (TPSA) is 64.0 Å². The van der Waals surface area contributed by atoms with Crippen LogP contribution in [0.4, 0.5) is 18.9 Å². The van der Waals surface area contributed by atoms with Crippen LogP contribution in [0.25, 0.3) is 11.0 Å². The van der Waals surface area contributed by atoms with Crippen molar-refractivity contribution in [3.63, 3.8) is 0 Å². The van der Waals surface area contributed by atoms with Crippen LogP contribution in [-0.4, -0.2) is 15.5 Å². The third-order valence-electron chi connectivity index (χ3n) is 3.57. The van der Waals surface area contributed by atoms with Gasteiger partial charge in [0, 0.05) is 0 Å². The molecule has 134 valence electrons. The maximum atomic E-state index is 13.1. The Kier molecular flexibility index (Phi) is 4.69. The fraction of sp³-hybridized carbons (Fsp3) is 0.118. The van der Waals surface area contributed by atoms with E-state index in [2.05, 4.69) is 10.3 Å². The molecule has 0 aliphatic carbocycles. The zero-order valence-electron chi connectivity index (χ0n) is 13.0. The van der Waals surface area contributed by atoms with Crippen molar-refractivity contribution in [3.05, 3.63) is 69.6 Å². The van der Waals surface area contributed by atoms with Crippen LogP contribution < -0.4 is 10.9 Å². The summed E-state index contributed by atoms with van der Waals surface area (Å²) in [5, 5.41) is 2.74. The second-order valence-corrected chi connectivity index (χ2v) is 5.77. The molecule has 0 bridgehead atoms. The largest absolute Gasteiger partial charge is 0.438 e. The third kappa shape index (κ3) is 3.55. The Hall–Kier alpha value is -2.87. The molecule has 1 heterocycles. The zero-order valence-corrected chi connectivity index (χ0v) is 13.8. The van der Waals surface area contributed by atoms with Gasteiger partial charge >= 0.3 is 6.18 Å². The molecule has 26 heavy (non-hydrogen) atoms. The number of anilines is 1. The van der Waals surface area contributed by atoms with E-state index in [-0.39, 0.29) is 16.1 Å². The molecule has 5 nitrogen and oxygen atoms in total. The van der Waals surface area contributed by atoms with Gasteiger partial charge < -0.3 is 5.32 Å². The Labute approximate surface area is 150 Å². The van der Waals surface area contributed by atoms with Crippen LogP contribution in [0, 0.1) is 0 Å². The summed E-state index contributed by atoms with van der Waals surface area (Å²) in [7, 11) is 0. The number of carbonyl (C=O) groups excluding carboxylic acids is 1. The fourth-order valence-electron chi connectivity index (χ4n) is 2.43. The van der Waals surface area contributed by atoms with E-state index in [1.165, 1.54) is 24.3 Å². The van der Waals surface area contributed by atoms with Crippen molar-refractivity contribution in [2.24, 2.45) is 0 Å². The molecule has 0 aliphatic rings. The Balaban J connectivity index is 2.04. The van der Waals surface area contributed by atoms with E-state index < -0.39 is 29.9 Å². The van der Waals surface area contributed by atoms with Crippen molar-refractivity contribution in [2.45, 2.75) is 12.7 Å². The van der Waals surface area contributed by atoms with Gasteiger partial charge in [-0.15, -0.1) is 0 Å². The predicted octanol–water partition coefficient (Wildman–Crippen LogP) is 3.71. The van der Waals surface area contributed by atoms with Crippen LogP contribution >= 0.6 is 11.6 Å². The van der Waals surface area contributed by atoms with Crippen LogP contribution in [0.3, 0.4) is 0 Å². The van der Waals surface area contributed by atoms with Crippen LogP contribution in [-0.2, 0) is 17.5 Å². The van der Waals surface area contributed by atoms with Crippen molar-refractivity contribution in [1.82, 2.24) is 9.55 Å². The van der Waals surface area contributed by atoms with E-state index in [1.807, 2.05) is 0 Å². The summed E-state index contributed by atoms with van der Waals surface area (Å²) in [5.41, 5.74) is -2.57. The van der Waals surface area contributed by atoms with Crippen LogP contribution in [0.15, 0.2) is 53.3 Å².